The number of likely N-dealkylation sites (N-methyl/N-ethyl adjacent to an activating group) is 1. The Hall–Kier alpha value is -1.75. The van der Waals surface area contributed by atoms with Gasteiger partial charge >= 0.3 is 12.0 Å². The zero-order valence-electron chi connectivity index (χ0n) is 10.3. The minimum atomic E-state index is -1.04. The first-order valence-electron chi connectivity index (χ1n) is 5.32. The van der Waals surface area contributed by atoms with Crippen LogP contribution in [0.15, 0.2) is 24.3 Å². The van der Waals surface area contributed by atoms with Crippen LogP contribution in [-0.4, -0.2) is 47.5 Å². The van der Waals surface area contributed by atoms with Gasteiger partial charge in [-0.05, 0) is 17.7 Å². The van der Waals surface area contributed by atoms with E-state index in [-0.39, 0.29) is 12.6 Å². The first-order valence-corrected chi connectivity index (χ1v) is 5.70. The van der Waals surface area contributed by atoms with Crippen molar-refractivity contribution in [2.45, 2.75) is 6.54 Å². The fraction of sp³-hybridized carbons (Fsp3) is 0.333. The number of carboxylic acid groups (broad SMARTS) is 1. The summed E-state index contributed by atoms with van der Waals surface area (Å²) in [5.74, 6) is -1.04. The SMILES string of the molecule is CN(CC(=O)O)C(=O)N(C)Cc1cccc(Cl)c1. The maximum atomic E-state index is 11.8. The number of hydrogen-bond donors (Lipinski definition) is 1. The monoisotopic (exact) mass is 270 g/mol. The number of urea groups is 1. The topological polar surface area (TPSA) is 60.9 Å². The molecule has 1 aromatic rings. The van der Waals surface area contributed by atoms with Gasteiger partial charge < -0.3 is 14.9 Å². The quantitative estimate of drug-likeness (QED) is 0.909. The van der Waals surface area contributed by atoms with Crippen molar-refractivity contribution in [3.05, 3.63) is 34.9 Å². The number of halogens is 1. The van der Waals surface area contributed by atoms with E-state index >= 15 is 0 Å². The van der Waals surface area contributed by atoms with Crippen LogP contribution in [0.4, 0.5) is 4.79 Å². The first-order chi connectivity index (χ1) is 8.40. The van der Waals surface area contributed by atoms with E-state index in [0.717, 1.165) is 10.5 Å². The summed E-state index contributed by atoms with van der Waals surface area (Å²) >= 11 is 5.85. The van der Waals surface area contributed by atoms with Gasteiger partial charge in [0.15, 0.2) is 0 Å². The maximum absolute atomic E-state index is 11.8. The van der Waals surface area contributed by atoms with Gasteiger partial charge in [-0.1, -0.05) is 23.7 Å². The molecule has 0 saturated carbocycles. The van der Waals surface area contributed by atoms with E-state index in [1.165, 1.54) is 11.9 Å². The Bertz CT molecular complexity index is 451. The highest BCUT2D eigenvalue weighted by molar-refractivity contribution is 6.30. The van der Waals surface area contributed by atoms with E-state index < -0.39 is 5.97 Å². The predicted octanol–water partition coefficient (Wildman–Crippen LogP) is 1.91. The number of carboxylic acids is 1. The normalized spacial score (nSPS) is 9.94. The highest BCUT2D eigenvalue weighted by Crippen LogP contribution is 2.12. The Morgan fingerprint density at radius 2 is 1.94 bits per heavy atom. The molecule has 0 radical (unpaired) electrons. The molecule has 0 atom stereocenters. The van der Waals surface area contributed by atoms with Crippen molar-refractivity contribution in [3.8, 4) is 0 Å². The minimum Gasteiger partial charge on any atom is -0.480 e. The summed E-state index contributed by atoms with van der Waals surface area (Å²) in [6.45, 7) is 0.0576. The van der Waals surface area contributed by atoms with Crippen LogP contribution < -0.4 is 0 Å². The molecule has 0 unspecified atom stereocenters. The largest absolute Gasteiger partial charge is 0.480 e. The molecule has 98 valence electrons. The van der Waals surface area contributed by atoms with Gasteiger partial charge in [0.1, 0.15) is 6.54 Å². The second kappa shape index (κ2) is 6.26. The van der Waals surface area contributed by atoms with Crippen molar-refractivity contribution in [3.63, 3.8) is 0 Å². The average Bonchev–Trinajstić information content (AvgIpc) is 2.27. The summed E-state index contributed by atoms with van der Waals surface area (Å²) < 4.78 is 0. The van der Waals surface area contributed by atoms with Crippen molar-refractivity contribution in [1.82, 2.24) is 9.80 Å². The number of benzene rings is 1. The van der Waals surface area contributed by atoms with Crippen LogP contribution in [0.2, 0.25) is 5.02 Å². The van der Waals surface area contributed by atoms with E-state index in [4.69, 9.17) is 16.7 Å². The Kier molecular flexibility index (Phi) is 4.97. The first kappa shape index (κ1) is 14.3. The van der Waals surface area contributed by atoms with Crippen LogP contribution >= 0.6 is 11.6 Å². The zero-order valence-corrected chi connectivity index (χ0v) is 11.0. The molecule has 0 fully saturated rings. The molecule has 1 aromatic carbocycles. The smallest absolute Gasteiger partial charge is 0.323 e. The number of nitrogens with zero attached hydrogens (tertiary/aromatic N) is 2. The van der Waals surface area contributed by atoms with Gasteiger partial charge in [0.05, 0.1) is 0 Å². The summed E-state index contributed by atoms with van der Waals surface area (Å²) in [6.07, 6.45) is 0. The minimum absolute atomic E-state index is 0.321. The molecule has 18 heavy (non-hydrogen) atoms. The van der Waals surface area contributed by atoms with Gasteiger partial charge in [0.25, 0.3) is 0 Å². The van der Waals surface area contributed by atoms with Gasteiger partial charge in [-0.15, -0.1) is 0 Å². The summed E-state index contributed by atoms with van der Waals surface area (Å²) in [5.41, 5.74) is 0.891. The van der Waals surface area contributed by atoms with E-state index in [2.05, 4.69) is 0 Å². The fourth-order valence-corrected chi connectivity index (χ4v) is 1.75. The fourth-order valence-electron chi connectivity index (χ4n) is 1.54. The zero-order chi connectivity index (χ0) is 13.7. The molecule has 1 rings (SSSR count). The van der Waals surface area contributed by atoms with Crippen molar-refractivity contribution in [1.29, 1.82) is 0 Å². The molecule has 5 nitrogen and oxygen atoms in total. The molecule has 0 heterocycles. The van der Waals surface area contributed by atoms with Crippen LogP contribution in [0.1, 0.15) is 5.56 Å². The van der Waals surface area contributed by atoms with Crippen molar-refractivity contribution in [2.24, 2.45) is 0 Å². The highest BCUT2D eigenvalue weighted by Gasteiger charge is 2.16. The number of amides is 2. The van der Waals surface area contributed by atoms with Gasteiger partial charge in [-0.25, -0.2) is 4.79 Å². The molecule has 6 heteroatoms. The third-order valence-corrected chi connectivity index (χ3v) is 2.57. The van der Waals surface area contributed by atoms with Gasteiger partial charge in [-0.3, -0.25) is 4.79 Å². The predicted molar refractivity (Wildman–Crippen MR) is 68.6 cm³/mol. The van der Waals surface area contributed by atoms with Crippen molar-refractivity contribution in [2.75, 3.05) is 20.6 Å². The second-order valence-corrected chi connectivity index (χ2v) is 4.45. The Morgan fingerprint density at radius 1 is 1.28 bits per heavy atom. The third kappa shape index (κ3) is 4.25. The molecule has 1 N–H and O–H groups in total. The van der Waals surface area contributed by atoms with Gasteiger partial charge in [0, 0.05) is 25.7 Å². The van der Waals surface area contributed by atoms with Gasteiger partial charge in [-0.2, -0.15) is 0 Å². The lowest BCUT2D eigenvalue weighted by atomic mass is 10.2. The van der Waals surface area contributed by atoms with Crippen LogP contribution in [0.5, 0.6) is 0 Å². The lowest BCUT2D eigenvalue weighted by Gasteiger charge is -2.23. The molecular weight excluding hydrogens is 256 g/mol. The average molecular weight is 271 g/mol. The molecular formula is C12H15ClN2O3. The molecule has 2 amide bonds. The Balaban J connectivity index is 2.62. The van der Waals surface area contributed by atoms with Crippen molar-refractivity contribution < 1.29 is 14.7 Å². The Labute approximate surface area is 111 Å². The number of carbonyl (C=O) groups excluding carboxylic acids is 1. The molecule has 0 aliphatic heterocycles. The van der Waals surface area contributed by atoms with Crippen LogP contribution in [0.25, 0.3) is 0 Å². The molecule has 0 spiro atoms. The molecule has 0 aliphatic carbocycles. The third-order valence-electron chi connectivity index (χ3n) is 2.33. The summed E-state index contributed by atoms with van der Waals surface area (Å²) in [7, 11) is 3.06. The molecule has 0 saturated heterocycles. The molecule has 0 aromatic heterocycles. The summed E-state index contributed by atoms with van der Waals surface area (Å²) in [4.78, 5) is 24.9. The van der Waals surface area contributed by atoms with E-state index in [9.17, 15) is 9.59 Å². The number of hydrogen-bond acceptors (Lipinski definition) is 2. The lowest BCUT2D eigenvalue weighted by Crippen LogP contribution is -2.40. The lowest BCUT2D eigenvalue weighted by molar-refractivity contribution is -0.137. The summed E-state index contributed by atoms with van der Waals surface area (Å²) in [5, 5.41) is 9.21. The molecule has 0 aliphatic rings. The van der Waals surface area contributed by atoms with Gasteiger partial charge in [0.2, 0.25) is 0 Å². The van der Waals surface area contributed by atoms with E-state index in [0.29, 0.717) is 11.6 Å². The Morgan fingerprint density at radius 3 is 2.50 bits per heavy atom. The second-order valence-electron chi connectivity index (χ2n) is 4.02. The number of aliphatic carboxylic acids is 1. The molecule has 0 bridgehead atoms. The standard InChI is InChI=1S/C12H15ClN2O3/c1-14(12(18)15(2)8-11(16)17)7-9-4-3-5-10(13)6-9/h3-6H,7-8H2,1-2H3,(H,16,17). The summed E-state index contributed by atoms with van der Waals surface area (Å²) in [6, 6.07) is 6.83. The maximum Gasteiger partial charge on any atom is 0.323 e. The van der Waals surface area contributed by atoms with Crippen LogP contribution in [0, 0.1) is 0 Å². The van der Waals surface area contributed by atoms with E-state index in [1.807, 2.05) is 6.07 Å². The number of carbonyl (C=O) groups is 2. The van der Waals surface area contributed by atoms with Crippen LogP contribution in [-0.2, 0) is 11.3 Å². The van der Waals surface area contributed by atoms with Crippen LogP contribution in [0.3, 0.4) is 0 Å². The highest BCUT2D eigenvalue weighted by atomic mass is 35.5. The number of rotatable bonds is 4. The van der Waals surface area contributed by atoms with E-state index in [1.54, 1.807) is 25.2 Å². The van der Waals surface area contributed by atoms with Crippen molar-refractivity contribution >= 4 is 23.6 Å².